The van der Waals surface area contributed by atoms with Crippen LogP contribution in [0.25, 0.3) is 0 Å². The second-order valence-electron chi connectivity index (χ2n) is 9.39. The van der Waals surface area contributed by atoms with Crippen LogP contribution < -0.4 is 0 Å². The topological polar surface area (TPSA) is 38.1 Å². The maximum Gasteiger partial charge on any atom is 0.233 e. The van der Waals surface area contributed by atoms with Gasteiger partial charge in [0.25, 0.3) is 0 Å². The number of hydrogen-bond acceptors (Lipinski definition) is 3. The largest absolute Gasteiger partial charge is 0.342 e. The van der Waals surface area contributed by atoms with Crippen molar-refractivity contribution >= 4 is 17.7 Å². The number of hydrogen-bond donors (Lipinski definition) is 0. The smallest absolute Gasteiger partial charge is 0.233 e. The third-order valence-electron chi connectivity index (χ3n) is 7.51. The van der Waals surface area contributed by atoms with E-state index in [4.69, 9.17) is 4.98 Å². The standard InChI is InChI=1S/C22H35N3OS/c1-14-6-5-9-24(12-14)21(26)13-27-22-23-15(2)16(3)25(22)17(4)20-11-18-7-8-19(20)10-18/h14,17-20H,5-13H2,1-4H3/t14-,17+,18-,19-,20+/m0/s1. The number of nitrogens with zero attached hydrogens (tertiary/aromatic N) is 3. The van der Waals surface area contributed by atoms with Crippen LogP contribution in [-0.4, -0.2) is 39.2 Å². The van der Waals surface area contributed by atoms with Gasteiger partial charge >= 0.3 is 0 Å². The SMILES string of the molecule is Cc1nc(SCC(=O)N2CCC[C@H](C)C2)n([C@H](C)[C@H]2C[C@H]3CC[C@H]2C3)c1C. The predicted octanol–water partition coefficient (Wildman–Crippen LogP) is 4.85. The van der Waals surface area contributed by atoms with Crippen LogP contribution in [0.2, 0.25) is 0 Å². The Morgan fingerprint density at radius 2 is 2.07 bits per heavy atom. The van der Waals surface area contributed by atoms with Gasteiger partial charge in [-0.2, -0.15) is 0 Å². The highest BCUT2D eigenvalue weighted by Gasteiger charge is 2.43. The molecule has 1 amide bonds. The van der Waals surface area contributed by atoms with Crippen LogP contribution in [-0.2, 0) is 4.79 Å². The Morgan fingerprint density at radius 1 is 1.26 bits per heavy atom. The molecule has 0 unspecified atom stereocenters. The second-order valence-corrected chi connectivity index (χ2v) is 10.3. The molecule has 1 aliphatic heterocycles. The Labute approximate surface area is 168 Å². The number of carbonyl (C=O) groups is 1. The lowest BCUT2D eigenvalue weighted by Gasteiger charge is -2.31. The monoisotopic (exact) mass is 389 g/mol. The summed E-state index contributed by atoms with van der Waals surface area (Å²) in [6.45, 7) is 10.8. The molecule has 0 aromatic carbocycles. The van der Waals surface area contributed by atoms with Crippen LogP contribution in [0.5, 0.6) is 0 Å². The van der Waals surface area contributed by atoms with Crippen LogP contribution in [0.15, 0.2) is 5.16 Å². The van der Waals surface area contributed by atoms with Crippen LogP contribution in [0.1, 0.15) is 69.8 Å². The molecular formula is C22H35N3OS. The number of likely N-dealkylation sites (tertiary alicyclic amines) is 1. The molecule has 4 rings (SSSR count). The maximum absolute atomic E-state index is 12.7. The summed E-state index contributed by atoms with van der Waals surface area (Å²) in [5, 5.41) is 1.05. The van der Waals surface area contributed by atoms with E-state index in [0.29, 0.717) is 17.7 Å². The van der Waals surface area contributed by atoms with E-state index in [-0.39, 0.29) is 5.91 Å². The van der Waals surface area contributed by atoms with Crippen molar-refractivity contribution in [2.24, 2.45) is 23.7 Å². The molecule has 1 aromatic heterocycles. The Bertz CT molecular complexity index is 700. The normalized spacial score (nSPS) is 31.5. The molecule has 1 aromatic rings. The zero-order chi connectivity index (χ0) is 19.1. The molecule has 1 saturated heterocycles. The minimum atomic E-state index is 0.281. The molecular weight excluding hydrogens is 354 g/mol. The summed E-state index contributed by atoms with van der Waals surface area (Å²) in [4.78, 5) is 19.6. The van der Waals surface area contributed by atoms with Gasteiger partial charge < -0.3 is 9.47 Å². The fourth-order valence-corrected chi connectivity index (χ4v) is 6.97. The van der Waals surface area contributed by atoms with Crippen molar-refractivity contribution in [1.82, 2.24) is 14.5 Å². The van der Waals surface area contributed by atoms with Crippen molar-refractivity contribution in [2.45, 2.75) is 77.4 Å². The summed E-state index contributed by atoms with van der Waals surface area (Å²) in [6.07, 6.45) is 8.08. The average Bonchev–Trinajstić information content (AvgIpc) is 3.35. The molecule has 27 heavy (non-hydrogen) atoms. The summed E-state index contributed by atoms with van der Waals surface area (Å²) in [5.41, 5.74) is 2.40. The highest BCUT2D eigenvalue weighted by atomic mass is 32.2. The number of aryl methyl sites for hydroxylation is 1. The van der Waals surface area contributed by atoms with Crippen molar-refractivity contribution in [3.8, 4) is 0 Å². The molecule has 0 spiro atoms. The van der Waals surface area contributed by atoms with Crippen LogP contribution in [0.4, 0.5) is 0 Å². The van der Waals surface area contributed by atoms with Gasteiger partial charge in [0.05, 0.1) is 11.4 Å². The van der Waals surface area contributed by atoms with Crippen molar-refractivity contribution in [3.05, 3.63) is 11.4 Å². The number of rotatable bonds is 5. The number of thioether (sulfide) groups is 1. The number of imidazole rings is 1. The van der Waals surface area contributed by atoms with Gasteiger partial charge in [-0.05, 0) is 76.5 Å². The molecule has 3 aliphatic rings. The summed E-state index contributed by atoms with van der Waals surface area (Å²) in [5.74, 6) is 4.09. The van der Waals surface area contributed by atoms with Crippen LogP contribution in [0.3, 0.4) is 0 Å². The van der Waals surface area contributed by atoms with Gasteiger partial charge in [0.2, 0.25) is 5.91 Å². The number of carbonyl (C=O) groups excluding carboxylic acids is 1. The predicted molar refractivity (Wildman–Crippen MR) is 111 cm³/mol. The van der Waals surface area contributed by atoms with Gasteiger partial charge in [0.15, 0.2) is 5.16 Å². The van der Waals surface area contributed by atoms with Crippen LogP contribution in [0, 0.1) is 37.5 Å². The van der Waals surface area contributed by atoms with Crippen molar-refractivity contribution < 1.29 is 4.79 Å². The number of aromatic nitrogens is 2. The van der Waals surface area contributed by atoms with Crippen molar-refractivity contribution in [2.75, 3.05) is 18.8 Å². The first-order valence-corrected chi connectivity index (χ1v) is 11.9. The highest BCUT2D eigenvalue weighted by molar-refractivity contribution is 7.99. The minimum absolute atomic E-state index is 0.281. The average molecular weight is 390 g/mol. The maximum atomic E-state index is 12.7. The number of fused-ring (bicyclic) bond motifs is 2. The van der Waals surface area contributed by atoms with E-state index in [1.807, 2.05) is 0 Å². The fourth-order valence-electron chi connectivity index (χ4n) is 5.89. The molecule has 2 bridgehead atoms. The zero-order valence-corrected chi connectivity index (χ0v) is 18.2. The third kappa shape index (κ3) is 3.81. The lowest BCUT2D eigenvalue weighted by molar-refractivity contribution is -0.130. The van der Waals surface area contributed by atoms with E-state index in [1.165, 1.54) is 37.8 Å². The highest BCUT2D eigenvalue weighted by Crippen LogP contribution is 2.52. The quantitative estimate of drug-likeness (QED) is 0.676. The molecule has 0 radical (unpaired) electrons. The zero-order valence-electron chi connectivity index (χ0n) is 17.4. The summed E-state index contributed by atoms with van der Waals surface area (Å²) in [6, 6.07) is 0.495. The molecule has 150 valence electrons. The molecule has 3 fully saturated rings. The van der Waals surface area contributed by atoms with E-state index in [0.717, 1.165) is 48.1 Å². The first-order valence-electron chi connectivity index (χ1n) is 10.9. The second kappa shape index (κ2) is 7.81. The molecule has 0 N–H and O–H groups in total. The molecule has 2 heterocycles. The van der Waals surface area contributed by atoms with E-state index < -0.39 is 0 Å². The number of amides is 1. The molecule has 5 atom stereocenters. The first kappa shape index (κ1) is 19.4. The van der Waals surface area contributed by atoms with Gasteiger partial charge in [-0.3, -0.25) is 4.79 Å². The Morgan fingerprint density at radius 3 is 2.74 bits per heavy atom. The van der Waals surface area contributed by atoms with E-state index in [9.17, 15) is 4.79 Å². The number of piperidine rings is 1. The van der Waals surface area contributed by atoms with Gasteiger partial charge in [-0.1, -0.05) is 25.1 Å². The Balaban J connectivity index is 1.45. The van der Waals surface area contributed by atoms with Crippen molar-refractivity contribution in [3.63, 3.8) is 0 Å². The Kier molecular flexibility index (Phi) is 5.59. The first-order chi connectivity index (χ1) is 12.9. The van der Waals surface area contributed by atoms with Crippen LogP contribution >= 0.6 is 11.8 Å². The van der Waals surface area contributed by atoms with Gasteiger partial charge in [-0.25, -0.2) is 4.98 Å². The van der Waals surface area contributed by atoms with Gasteiger partial charge in [0, 0.05) is 24.8 Å². The molecule has 2 saturated carbocycles. The molecule has 5 heteroatoms. The van der Waals surface area contributed by atoms with E-state index >= 15 is 0 Å². The van der Waals surface area contributed by atoms with E-state index in [2.05, 4.69) is 37.2 Å². The Hall–Kier alpha value is -0.970. The lowest BCUT2D eigenvalue weighted by Crippen LogP contribution is -2.40. The molecule has 4 nitrogen and oxygen atoms in total. The van der Waals surface area contributed by atoms with Crippen molar-refractivity contribution in [1.29, 1.82) is 0 Å². The minimum Gasteiger partial charge on any atom is -0.342 e. The summed E-state index contributed by atoms with van der Waals surface area (Å²) >= 11 is 1.65. The molecule has 2 aliphatic carbocycles. The fraction of sp³-hybridized carbons (Fsp3) is 0.818. The third-order valence-corrected chi connectivity index (χ3v) is 8.45. The van der Waals surface area contributed by atoms with Gasteiger partial charge in [-0.15, -0.1) is 0 Å². The van der Waals surface area contributed by atoms with E-state index in [1.54, 1.807) is 11.8 Å². The summed E-state index contributed by atoms with van der Waals surface area (Å²) < 4.78 is 2.46. The summed E-state index contributed by atoms with van der Waals surface area (Å²) in [7, 11) is 0. The lowest BCUT2D eigenvalue weighted by atomic mass is 9.84. The van der Waals surface area contributed by atoms with Gasteiger partial charge in [0.1, 0.15) is 0 Å².